The van der Waals surface area contributed by atoms with Gasteiger partial charge in [0.1, 0.15) is 30.4 Å². The van der Waals surface area contributed by atoms with Crippen molar-refractivity contribution in [2.75, 3.05) is 31.7 Å². The molecule has 9 heteroatoms. The lowest BCUT2D eigenvalue weighted by molar-refractivity contribution is -0.120. The van der Waals surface area contributed by atoms with E-state index in [0.29, 0.717) is 5.75 Å². The summed E-state index contributed by atoms with van der Waals surface area (Å²) >= 11 is 0. The van der Waals surface area contributed by atoms with E-state index in [2.05, 4.69) is 5.32 Å². The summed E-state index contributed by atoms with van der Waals surface area (Å²) < 4.78 is 44.7. The second kappa shape index (κ2) is 11.6. The van der Waals surface area contributed by atoms with Crippen LogP contribution in [0.2, 0.25) is 0 Å². The highest BCUT2D eigenvalue weighted by molar-refractivity contribution is 7.92. The predicted molar refractivity (Wildman–Crippen MR) is 135 cm³/mol. The first kappa shape index (κ1) is 25.9. The number of hydrogen-bond donors (Lipinski definition) is 1. The van der Waals surface area contributed by atoms with E-state index in [1.807, 2.05) is 31.2 Å². The van der Waals surface area contributed by atoms with Gasteiger partial charge >= 0.3 is 0 Å². The molecular formula is C26H30N2O6S. The van der Waals surface area contributed by atoms with Crippen molar-refractivity contribution in [3.63, 3.8) is 0 Å². The molecular weight excluding hydrogens is 468 g/mol. The number of benzene rings is 3. The SMILES string of the molecule is COc1ccc(OC)c(N(CC(=O)NC(C)COc2ccccc2C)S(=O)(=O)c2ccccc2)c1. The number of sulfonamides is 1. The van der Waals surface area contributed by atoms with Gasteiger partial charge in [0.15, 0.2) is 0 Å². The number of rotatable bonds is 11. The van der Waals surface area contributed by atoms with Crippen molar-refractivity contribution in [2.45, 2.75) is 24.8 Å². The first-order valence-electron chi connectivity index (χ1n) is 11.0. The normalized spacial score (nSPS) is 11.9. The Morgan fingerprint density at radius 2 is 1.63 bits per heavy atom. The summed E-state index contributed by atoms with van der Waals surface area (Å²) in [4.78, 5) is 13.1. The number of carbonyl (C=O) groups is 1. The summed E-state index contributed by atoms with van der Waals surface area (Å²) in [5.41, 5.74) is 1.17. The van der Waals surface area contributed by atoms with E-state index in [4.69, 9.17) is 14.2 Å². The number of nitrogens with zero attached hydrogens (tertiary/aromatic N) is 1. The summed E-state index contributed by atoms with van der Waals surface area (Å²) in [6, 6.07) is 19.9. The molecule has 0 bridgehead atoms. The Morgan fingerprint density at radius 1 is 0.943 bits per heavy atom. The average Bonchev–Trinajstić information content (AvgIpc) is 2.86. The van der Waals surface area contributed by atoms with Crippen LogP contribution in [0.15, 0.2) is 77.7 Å². The van der Waals surface area contributed by atoms with Gasteiger partial charge in [-0.1, -0.05) is 36.4 Å². The van der Waals surface area contributed by atoms with Gasteiger partial charge in [0, 0.05) is 6.07 Å². The zero-order valence-corrected chi connectivity index (χ0v) is 21.0. The molecule has 1 N–H and O–H groups in total. The number of amides is 1. The molecule has 0 fully saturated rings. The Kier molecular flexibility index (Phi) is 8.59. The van der Waals surface area contributed by atoms with E-state index in [-0.39, 0.29) is 29.0 Å². The quantitative estimate of drug-likeness (QED) is 0.432. The highest BCUT2D eigenvalue weighted by Gasteiger charge is 2.30. The van der Waals surface area contributed by atoms with E-state index in [0.717, 1.165) is 15.6 Å². The minimum Gasteiger partial charge on any atom is -0.497 e. The minimum absolute atomic E-state index is 0.0496. The van der Waals surface area contributed by atoms with Crippen LogP contribution in [0.1, 0.15) is 12.5 Å². The third-order valence-electron chi connectivity index (χ3n) is 5.26. The van der Waals surface area contributed by atoms with Crippen LogP contribution >= 0.6 is 0 Å². The smallest absolute Gasteiger partial charge is 0.264 e. The predicted octanol–water partition coefficient (Wildman–Crippen LogP) is 3.79. The fraction of sp³-hybridized carbons (Fsp3) is 0.269. The van der Waals surface area contributed by atoms with Gasteiger partial charge in [-0.2, -0.15) is 0 Å². The first-order chi connectivity index (χ1) is 16.8. The molecule has 1 amide bonds. The molecule has 0 aliphatic heterocycles. The van der Waals surface area contributed by atoms with E-state index in [9.17, 15) is 13.2 Å². The Hall–Kier alpha value is -3.72. The van der Waals surface area contributed by atoms with Crippen molar-refractivity contribution in [2.24, 2.45) is 0 Å². The third kappa shape index (κ3) is 6.45. The Morgan fingerprint density at radius 3 is 2.29 bits per heavy atom. The monoisotopic (exact) mass is 498 g/mol. The van der Waals surface area contributed by atoms with E-state index in [1.54, 1.807) is 37.3 Å². The van der Waals surface area contributed by atoms with Crippen molar-refractivity contribution in [1.82, 2.24) is 5.32 Å². The maximum Gasteiger partial charge on any atom is 0.264 e. The number of anilines is 1. The van der Waals surface area contributed by atoms with Gasteiger partial charge in [0.05, 0.1) is 30.8 Å². The maximum atomic E-state index is 13.6. The summed E-state index contributed by atoms with van der Waals surface area (Å²) in [5.74, 6) is 0.946. The van der Waals surface area contributed by atoms with Gasteiger partial charge in [0.2, 0.25) is 5.91 Å². The first-order valence-corrected chi connectivity index (χ1v) is 12.5. The molecule has 0 heterocycles. The van der Waals surface area contributed by atoms with Crippen LogP contribution in [0.5, 0.6) is 17.2 Å². The van der Waals surface area contributed by atoms with Crippen molar-refractivity contribution in [1.29, 1.82) is 0 Å². The van der Waals surface area contributed by atoms with Gasteiger partial charge in [-0.25, -0.2) is 8.42 Å². The summed E-state index contributed by atoms with van der Waals surface area (Å²) in [6.07, 6.45) is 0. The van der Waals surface area contributed by atoms with Crippen LogP contribution in [0.25, 0.3) is 0 Å². The molecule has 0 aliphatic rings. The van der Waals surface area contributed by atoms with Crippen LogP contribution in [0, 0.1) is 6.92 Å². The molecule has 0 radical (unpaired) electrons. The van der Waals surface area contributed by atoms with Crippen LogP contribution < -0.4 is 23.8 Å². The number of aryl methyl sites for hydroxylation is 1. The van der Waals surface area contributed by atoms with Crippen LogP contribution in [0.3, 0.4) is 0 Å². The molecule has 0 saturated heterocycles. The molecule has 3 rings (SSSR count). The van der Waals surface area contributed by atoms with Crippen molar-refractivity contribution in [3.05, 3.63) is 78.4 Å². The molecule has 3 aromatic rings. The number of methoxy groups -OCH3 is 2. The van der Waals surface area contributed by atoms with Crippen molar-refractivity contribution >= 4 is 21.6 Å². The molecule has 0 spiro atoms. The zero-order chi connectivity index (χ0) is 25.4. The van der Waals surface area contributed by atoms with Gasteiger partial charge in [0.25, 0.3) is 10.0 Å². The Balaban J connectivity index is 1.85. The fourth-order valence-corrected chi connectivity index (χ4v) is 4.88. The molecule has 8 nitrogen and oxygen atoms in total. The summed E-state index contributed by atoms with van der Waals surface area (Å²) in [7, 11) is -1.19. The number of hydrogen-bond acceptors (Lipinski definition) is 6. The summed E-state index contributed by atoms with van der Waals surface area (Å²) in [6.45, 7) is 3.49. The molecule has 0 aliphatic carbocycles. The van der Waals surface area contributed by atoms with Crippen LogP contribution in [0.4, 0.5) is 5.69 Å². The standard InChI is InChI=1S/C26H30N2O6S/c1-19-10-8-9-13-24(19)34-18-20(2)27-26(29)17-28(35(30,31)22-11-6-5-7-12-22)23-16-21(32-3)14-15-25(23)33-4/h5-16,20H,17-18H2,1-4H3,(H,27,29). The molecule has 0 aromatic heterocycles. The van der Waals surface area contributed by atoms with E-state index >= 15 is 0 Å². The molecule has 35 heavy (non-hydrogen) atoms. The van der Waals surface area contributed by atoms with Crippen molar-refractivity contribution < 1.29 is 27.4 Å². The second-order valence-corrected chi connectivity index (χ2v) is 9.77. The number of para-hydroxylation sites is 1. The molecule has 1 unspecified atom stereocenters. The van der Waals surface area contributed by atoms with Gasteiger partial charge in [-0.05, 0) is 49.7 Å². The van der Waals surface area contributed by atoms with Crippen LogP contribution in [-0.4, -0.2) is 47.7 Å². The molecule has 0 saturated carbocycles. The highest BCUT2D eigenvalue weighted by Crippen LogP contribution is 2.35. The zero-order valence-electron chi connectivity index (χ0n) is 20.2. The lowest BCUT2D eigenvalue weighted by Crippen LogP contribution is -2.45. The second-order valence-electron chi connectivity index (χ2n) is 7.91. The Bertz CT molecular complexity index is 1250. The molecule has 186 valence electrons. The molecule has 3 aromatic carbocycles. The van der Waals surface area contributed by atoms with E-state index in [1.165, 1.54) is 32.4 Å². The lowest BCUT2D eigenvalue weighted by Gasteiger charge is -2.26. The van der Waals surface area contributed by atoms with E-state index < -0.39 is 22.5 Å². The van der Waals surface area contributed by atoms with Gasteiger partial charge in [-0.3, -0.25) is 9.10 Å². The summed E-state index contributed by atoms with van der Waals surface area (Å²) in [5, 5.41) is 2.82. The largest absolute Gasteiger partial charge is 0.497 e. The van der Waals surface area contributed by atoms with Crippen molar-refractivity contribution in [3.8, 4) is 17.2 Å². The molecule has 1 atom stereocenters. The van der Waals surface area contributed by atoms with Gasteiger partial charge < -0.3 is 19.5 Å². The third-order valence-corrected chi connectivity index (χ3v) is 7.04. The minimum atomic E-state index is -4.10. The maximum absolute atomic E-state index is 13.6. The van der Waals surface area contributed by atoms with Crippen LogP contribution in [-0.2, 0) is 14.8 Å². The lowest BCUT2D eigenvalue weighted by atomic mass is 10.2. The Labute approximate surface area is 206 Å². The van der Waals surface area contributed by atoms with Gasteiger partial charge in [-0.15, -0.1) is 0 Å². The number of carbonyl (C=O) groups excluding carboxylic acids is 1. The topological polar surface area (TPSA) is 94.2 Å². The average molecular weight is 499 g/mol. The number of ether oxygens (including phenoxy) is 3. The highest BCUT2D eigenvalue weighted by atomic mass is 32.2. The fourth-order valence-electron chi connectivity index (χ4n) is 3.44. The number of nitrogens with one attached hydrogen (secondary N) is 1.